The minimum absolute atomic E-state index is 0.0198. The first-order valence-corrected chi connectivity index (χ1v) is 9.00. The monoisotopic (exact) mass is 316 g/mol. The van der Waals surface area contributed by atoms with Crippen molar-refractivity contribution in [3.63, 3.8) is 0 Å². The van der Waals surface area contributed by atoms with Crippen LogP contribution in [0.2, 0.25) is 0 Å². The van der Waals surface area contributed by atoms with Gasteiger partial charge >= 0.3 is 0 Å². The zero-order valence-corrected chi connectivity index (χ0v) is 13.5. The minimum Gasteiger partial charge on any atom is -0.391 e. The van der Waals surface area contributed by atoms with Crippen LogP contribution in [0.4, 0.5) is 0 Å². The van der Waals surface area contributed by atoms with Crippen LogP contribution < -0.4 is 0 Å². The van der Waals surface area contributed by atoms with Crippen LogP contribution in [0.25, 0.3) is 0 Å². The van der Waals surface area contributed by atoms with Crippen LogP contribution in [0.15, 0.2) is 6.20 Å². The number of aliphatic hydroxyl groups is 1. The second kappa shape index (κ2) is 6.85. The van der Waals surface area contributed by atoms with Gasteiger partial charge < -0.3 is 5.11 Å². The number of nitrogens with zero attached hydrogens (tertiary/aromatic N) is 4. The van der Waals surface area contributed by atoms with Crippen LogP contribution in [0.1, 0.15) is 43.8 Å². The maximum absolute atomic E-state index is 11.7. The normalized spacial score (nSPS) is 24.2. The van der Waals surface area contributed by atoms with Crippen LogP contribution >= 0.6 is 0 Å². The lowest BCUT2D eigenvalue weighted by Crippen LogP contribution is -2.26. The third kappa shape index (κ3) is 4.24. The lowest BCUT2D eigenvalue weighted by atomic mass is 10.1. The van der Waals surface area contributed by atoms with Crippen molar-refractivity contribution in [3.8, 4) is 0 Å². The lowest BCUT2D eigenvalue weighted by molar-refractivity contribution is 0.0980. The molecule has 0 aliphatic heterocycles. The summed E-state index contributed by atoms with van der Waals surface area (Å²) in [6.45, 7) is 0. The predicted molar refractivity (Wildman–Crippen MR) is 79.3 cm³/mol. The summed E-state index contributed by atoms with van der Waals surface area (Å²) in [4.78, 5) is 0. The lowest BCUT2D eigenvalue weighted by Gasteiger charge is -2.19. The zero-order valence-electron chi connectivity index (χ0n) is 12.6. The largest absolute Gasteiger partial charge is 0.391 e. The first-order chi connectivity index (χ1) is 9.90. The summed E-state index contributed by atoms with van der Waals surface area (Å²) in [6, 6.07) is -0.0424. The van der Waals surface area contributed by atoms with E-state index < -0.39 is 16.1 Å². The zero-order chi connectivity index (χ0) is 15.5. The summed E-state index contributed by atoms with van der Waals surface area (Å²) in [6.07, 6.45) is 6.64. The molecule has 21 heavy (non-hydrogen) atoms. The molecule has 0 amide bonds. The second-order valence-electron chi connectivity index (χ2n) is 5.81. The molecular weight excluding hydrogens is 292 g/mol. The number of aliphatic hydroxyl groups excluding tert-OH is 1. The van der Waals surface area contributed by atoms with E-state index in [1.165, 1.54) is 18.4 Å². The molecule has 1 aliphatic carbocycles. The van der Waals surface area contributed by atoms with E-state index in [1.807, 2.05) is 0 Å². The van der Waals surface area contributed by atoms with Gasteiger partial charge in [-0.3, -0.25) is 0 Å². The van der Waals surface area contributed by atoms with Gasteiger partial charge in [0.1, 0.15) is 0 Å². The molecule has 0 spiro atoms. The maximum Gasteiger partial charge on any atom is 0.213 e. The van der Waals surface area contributed by atoms with Crippen molar-refractivity contribution in [2.45, 2.75) is 50.7 Å². The highest BCUT2D eigenvalue weighted by Gasteiger charge is 2.24. The molecule has 1 saturated carbocycles. The average molecular weight is 316 g/mol. The van der Waals surface area contributed by atoms with Gasteiger partial charge in [0.2, 0.25) is 10.0 Å². The standard InChI is InChI=1S/C13H24N4O3S/c1-16(2)21(19,20)9-8-11-10-17(15-14-11)12-6-4-3-5-7-13(12)18/h10,12-13,18H,3-9H2,1-2H3/t12-,13-/m1/s1. The Bertz CT molecular complexity index is 556. The van der Waals surface area contributed by atoms with E-state index in [2.05, 4.69) is 10.3 Å². The summed E-state index contributed by atoms with van der Waals surface area (Å²) in [5.74, 6) is 0.0198. The van der Waals surface area contributed by atoms with Gasteiger partial charge in [0.05, 0.1) is 23.6 Å². The Morgan fingerprint density at radius 2 is 2.05 bits per heavy atom. The van der Waals surface area contributed by atoms with Crippen molar-refractivity contribution >= 4 is 10.0 Å². The van der Waals surface area contributed by atoms with Gasteiger partial charge in [0.15, 0.2) is 0 Å². The highest BCUT2D eigenvalue weighted by atomic mass is 32.2. The molecule has 1 aromatic heterocycles. The van der Waals surface area contributed by atoms with Gasteiger partial charge in [0.25, 0.3) is 0 Å². The second-order valence-corrected chi connectivity index (χ2v) is 8.11. The molecule has 2 atom stereocenters. The molecule has 0 radical (unpaired) electrons. The molecule has 1 heterocycles. The Hall–Kier alpha value is -0.990. The van der Waals surface area contributed by atoms with Crippen LogP contribution in [0.5, 0.6) is 0 Å². The van der Waals surface area contributed by atoms with Gasteiger partial charge in [-0.1, -0.05) is 24.5 Å². The smallest absolute Gasteiger partial charge is 0.213 e. The summed E-state index contributed by atoms with van der Waals surface area (Å²) in [7, 11) is -0.178. The summed E-state index contributed by atoms with van der Waals surface area (Å²) in [5, 5.41) is 18.3. The van der Waals surface area contributed by atoms with E-state index in [1.54, 1.807) is 10.9 Å². The van der Waals surface area contributed by atoms with E-state index in [0.29, 0.717) is 12.1 Å². The van der Waals surface area contributed by atoms with Crippen molar-refractivity contribution in [2.75, 3.05) is 19.8 Å². The number of aryl methyl sites for hydroxylation is 1. The number of sulfonamides is 1. The molecule has 2 rings (SSSR count). The highest BCUT2D eigenvalue weighted by Crippen LogP contribution is 2.27. The average Bonchev–Trinajstić information content (AvgIpc) is 2.79. The Labute approximate surface area is 126 Å². The Balaban J connectivity index is 2.01. The van der Waals surface area contributed by atoms with Crippen LogP contribution in [0, 0.1) is 0 Å². The van der Waals surface area contributed by atoms with E-state index in [4.69, 9.17) is 0 Å². The molecule has 1 fully saturated rings. The fraction of sp³-hybridized carbons (Fsp3) is 0.846. The van der Waals surface area contributed by atoms with Crippen molar-refractivity contribution < 1.29 is 13.5 Å². The number of rotatable bonds is 5. The minimum atomic E-state index is -3.22. The molecule has 0 unspecified atom stereocenters. The molecule has 0 bridgehead atoms. The van der Waals surface area contributed by atoms with Crippen LogP contribution in [-0.4, -0.2) is 58.8 Å². The topological polar surface area (TPSA) is 88.3 Å². The third-order valence-corrected chi connectivity index (χ3v) is 5.85. The maximum atomic E-state index is 11.7. The highest BCUT2D eigenvalue weighted by molar-refractivity contribution is 7.89. The van der Waals surface area contributed by atoms with Crippen LogP contribution in [0.3, 0.4) is 0 Å². The first-order valence-electron chi connectivity index (χ1n) is 7.39. The van der Waals surface area contributed by atoms with Crippen LogP contribution in [-0.2, 0) is 16.4 Å². The van der Waals surface area contributed by atoms with Gasteiger partial charge in [-0.15, -0.1) is 5.10 Å². The Morgan fingerprint density at radius 1 is 1.33 bits per heavy atom. The number of hydrogen-bond acceptors (Lipinski definition) is 5. The van der Waals surface area contributed by atoms with Crippen molar-refractivity contribution in [1.29, 1.82) is 0 Å². The SMILES string of the molecule is CN(C)S(=O)(=O)CCc1cn([C@@H]2CCCCC[C@H]2O)nn1. The van der Waals surface area contributed by atoms with E-state index in [9.17, 15) is 13.5 Å². The first kappa shape index (κ1) is 16.4. The quantitative estimate of drug-likeness (QED) is 0.803. The molecule has 1 aromatic rings. The fourth-order valence-electron chi connectivity index (χ4n) is 2.58. The van der Waals surface area contributed by atoms with Gasteiger partial charge in [0, 0.05) is 26.7 Å². The van der Waals surface area contributed by atoms with Gasteiger partial charge in [-0.05, 0) is 12.8 Å². The van der Waals surface area contributed by atoms with E-state index in [0.717, 1.165) is 32.1 Å². The molecule has 8 heteroatoms. The summed E-state index contributed by atoms with van der Waals surface area (Å²) < 4.78 is 26.4. The fourth-order valence-corrected chi connectivity index (χ4v) is 3.42. The molecule has 1 aliphatic rings. The molecule has 1 N–H and O–H groups in total. The Kier molecular flexibility index (Phi) is 5.34. The summed E-state index contributed by atoms with van der Waals surface area (Å²) >= 11 is 0. The third-order valence-electron chi connectivity index (χ3n) is 4.01. The van der Waals surface area contributed by atoms with Gasteiger partial charge in [-0.25, -0.2) is 17.4 Å². The van der Waals surface area contributed by atoms with E-state index in [-0.39, 0.29) is 11.8 Å². The summed E-state index contributed by atoms with van der Waals surface area (Å²) in [5.41, 5.74) is 0.650. The molecule has 7 nitrogen and oxygen atoms in total. The predicted octanol–water partition coefficient (Wildman–Crippen LogP) is 0.578. The Morgan fingerprint density at radius 3 is 2.76 bits per heavy atom. The van der Waals surface area contributed by atoms with E-state index >= 15 is 0 Å². The molecular formula is C13H24N4O3S. The van der Waals surface area contributed by atoms with Crippen molar-refractivity contribution in [1.82, 2.24) is 19.3 Å². The number of aromatic nitrogens is 3. The van der Waals surface area contributed by atoms with Gasteiger partial charge in [-0.2, -0.15) is 0 Å². The molecule has 120 valence electrons. The number of hydrogen-bond donors (Lipinski definition) is 1. The van der Waals surface area contributed by atoms with Crippen molar-refractivity contribution in [3.05, 3.63) is 11.9 Å². The molecule has 0 aromatic carbocycles. The molecule has 0 saturated heterocycles. The van der Waals surface area contributed by atoms with Crippen molar-refractivity contribution in [2.24, 2.45) is 0 Å².